The molecule has 0 aliphatic heterocycles. The van der Waals surface area contributed by atoms with E-state index in [1.807, 2.05) is 44.2 Å². The summed E-state index contributed by atoms with van der Waals surface area (Å²) in [5, 5.41) is 3.76. The first-order valence-electron chi connectivity index (χ1n) is 6.42. The van der Waals surface area contributed by atoms with Gasteiger partial charge >= 0.3 is 0 Å². The van der Waals surface area contributed by atoms with E-state index in [0.29, 0.717) is 5.02 Å². The van der Waals surface area contributed by atoms with E-state index in [0.717, 1.165) is 16.8 Å². The second kappa shape index (κ2) is 6.25. The second-order valence-electron chi connectivity index (χ2n) is 4.88. The van der Waals surface area contributed by atoms with Gasteiger partial charge in [0, 0.05) is 24.8 Å². The third-order valence-corrected chi connectivity index (χ3v) is 3.62. The number of anilines is 1. The van der Waals surface area contributed by atoms with Crippen LogP contribution in [0.5, 0.6) is 0 Å². The number of hydrogen-bond donors (Lipinski definition) is 1. The van der Waals surface area contributed by atoms with E-state index >= 15 is 0 Å². The van der Waals surface area contributed by atoms with Crippen LogP contribution in [0, 0.1) is 5.82 Å². The molecule has 4 heteroatoms. The lowest BCUT2D eigenvalue weighted by Crippen LogP contribution is -2.19. The van der Waals surface area contributed by atoms with Crippen molar-refractivity contribution < 1.29 is 4.39 Å². The van der Waals surface area contributed by atoms with Crippen molar-refractivity contribution in [3.8, 4) is 0 Å². The number of nitrogens with one attached hydrogen (secondary N) is 1. The van der Waals surface area contributed by atoms with Crippen LogP contribution in [-0.2, 0) is 0 Å². The lowest BCUT2D eigenvalue weighted by atomic mass is 9.98. The van der Waals surface area contributed by atoms with Crippen LogP contribution in [0.3, 0.4) is 0 Å². The van der Waals surface area contributed by atoms with Crippen molar-refractivity contribution in [3.05, 3.63) is 64.4 Å². The zero-order valence-corrected chi connectivity index (χ0v) is 12.6. The highest BCUT2D eigenvalue weighted by Gasteiger charge is 2.16. The van der Waals surface area contributed by atoms with E-state index in [-0.39, 0.29) is 11.9 Å². The molecule has 0 aliphatic carbocycles. The van der Waals surface area contributed by atoms with Crippen molar-refractivity contribution >= 4 is 17.3 Å². The lowest BCUT2D eigenvalue weighted by molar-refractivity contribution is 0.617. The van der Waals surface area contributed by atoms with Crippen LogP contribution in [0.2, 0.25) is 5.02 Å². The summed E-state index contributed by atoms with van der Waals surface area (Å²) in [5.41, 5.74) is 2.88. The molecular formula is C16H18ClFN2. The van der Waals surface area contributed by atoms with Gasteiger partial charge in [-0.2, -0.15) is 0 Å². The van der Waals surface area contributed by atoms with Crippen LogP contribution in [0.1, 0.15) is 17.2 Å². The Morgan fingerprint density at radius 2 is 1.90 bits per heavy atom. The molecule has 2 nitrogen and oxygen atoms in total. The molecule has 1 atom stereocenters. The molecule has 0 aliphatic rings. The van der Waals surface area contributed by atoms with Gasteiger partial charge in [-0.25, -0.2) is 4.39 Å². The predicted molar refractivity (Wildman–Crippen MR) is 83.1 cm³/mol. The third-order valence-electron chi connectivity index (χ3n) is 3.28. The first kappa shape index (κ1) is 14.8. The van der Waals surface area contributed by atoms with Crippen molar-refractivity contribution in [1.82, 2.24) is 5.32 Å². The number of rotatable bonds is 4. The Morgan fingerprint density at radius 1 is 1.15 bits per heavy atom. The molecule has 106 valence electrons. The summed E-state index contributed by atoms with van der Waals surface area (Å²) >= 11 is 6.20. The fourth-order valence-corrected chi connectivity index (χ4v) is 2.45. The van der Waals surface area contributed by atoms with E-state index < -0.39 is 0 Å². The molecule has 1 N–H and O–H groups in total. The Balaban J connectivity index is 2.46. The van der Waals surface area contributed by atoms with Gasteiger partial charge in [-0.1, -0.05) is 23.7 Å². The first-order chi connectivity index (χ1) is 9.52. The van der Waals surface area contributed by atoms with Gasteiger partial charge in [0.1, 0.15) is 5.82 Å². The molecule has 0 saturated carbocycles. The molecule has 0 radical (unpaired) electrons. The smallest absolute Gasteiger partial charge is 0.123 e. The van der Waals surface area contributed by atoms with Crippen molar-refractivity contribution in [2.45, 2.75) is 6.04 Å². The molecular weight excluding hydrogens is 275 g/mol. The maximum Gasteiger partial charge on any atom is 0.123 e. The molecule has 2 aromatic rings. The first-order valence-corrected chi connectivity index (χ1v) is 6.80. The maximum absolute atomic E-state index is 13.5. The summed E-state index contributed by atoms with van der Waals surface area (Å²) in [7, 11) is 5.82. The van der Waals surface area contributed by atoms with Crippen LogP contribution < -0.4 is 10.2 Å². The summed E-state index contributed by atoms with van der Waals surface area (Å²) in [6, 6.07) is 12.4. The molecule has 0 heterocycles. The molecule has 20 heavy (non-hydrogen) atoms. The maximum atomic E-state index is 13.5. The Labute approximate surface area is 124 Å². The van der Waals surface area contributed by atoms with Gasteiger partial charge in [-0.15, -0.1) is 0 Å². The predicted octanol–water partition coefficient (Wildman–Crippen LogP) is 3.85. The molecule has 2 rings (SSSR count). The van der Waals surface area contributed by atoms with Gasteiger partial charge in [0.25, 0.3) is 0 Å². The monoisotopic (exact) mass is 292 g/mol. The minimum atomic E-state index is -0.284. The Kier molecular flexibility index (Phi) is 4.63. The van der Waals surface area contributed by atoms with Gasteiger partial charge in [0.2, 0.25) is 0 Å². The highest BCUT2D eigenvalue weighted by atomic mass is 35.5. The van der Waals surface area contributed by atoms with Crippen LogP contribution in [0.25, 0.3) is 0 Å². The second-order valence-corrected chi connectivity index (χ2v) is 5.28. The zero-order valence-electron chi connectivity index (χ0n) is 11.8. The van der Waals surface area contributed by atoms with Gasteiger partial charge in [-0.3, -0.25) is 0 Å². The summed E-state index contributed by atoms with van der Waals surface area (Å²) in [5.74, 6) is -0.284. The van der Waals surface area contributed by atoms with Crippen LogP contribution in [0.15, 0.2) is 42.5 Å². The lowest BCUT2D eigenvalue weighted by Gasteiger charge is -2.21. The summed E-state index contributed by atoms with van der Waals surface area (Å²) < 4.78 is 13.5. The standard InChI is InChI=1S/C16H18ClFN2/c1-19-16(14-10-12(18)7-8-15(14)17)11-5-4-6-13(9-11)20(2)3/h4-10,16,19H,1-3H3. The highest BCUT2D eigenvalue weighted by molar-refractivity contribution is 6.31. The molecule has 0 saturated heterocycles. The molecule has 0 spiro atoms. The van der Waals surface area contributed by atoms with E-state index in [2.05, 4.69) is 11.4 Å². The van der Waals surface area contributed by atoms with Crippen molar-refractivity contribution in [2.75, 3.05) is 26.0 Å². The zero-order chi connectivity index (χ0) is 14.7. The average Bonchev–Trinajstić information content (AvgIpc) is 2.44. The number of benzene rings is 2. The van der Waals surface area contributed by atoms with Crippen LogP contribution >= 0.6 is 11.6 Å². The van der Waals surface area contributed by atoms with Gasteiger partial charge in [-0.05, 0) is 48.5 Å². The summed E-state index contributed by atoms with van der Waals surface area (Å²) in [6.45, 7) is 0. The average molecular weight is 293 g/mol. The van der Waals surface area contributed by atoms with E-state index in [1.165, 1.54) is 12.1 Å². The topological polar surface area (TPSA) is 15.3 Å². The Hall–Kier alpha value is -1.58. The third kappa shape index (κ3) is 3.11. The van der Waals surface area contributed by atoms with E-state index in [9.17, 15) is 4.39 Å². The molecule has 0 bridgehead atoms. The van der Waals surface area contributed by atoms with Crippen LogP contribution in [0.4, 0.5) is 10.1 Å². The summed E-state index contributed by atoms with van der Waals surface area (Å²) in [6.07, 6.45) is 0. The van der Waals surface area contributed by atoms with Crippen molar-refractivity contribution in [3.63, 3.8) is 0 Å². The number of hydrogen-bond acceptors (Lipinski definition) is 2. The molecule has 0 amide bonds. The van der Waals surface area contributed by atoms with Crippen LogP contribution in [-0.4, -0.2) is 21.1 Å². The number of nitrogens with zero attached hydrogens (tertiary/aromatic N) is 1. The summed E-state index contributed by atoms with van der Waals surface area (Å²) in [4.78, 5) is 2.03. The van der Waals surface area contributed by atoms with Gasteiger partial charge < -0.3 is 10.2 Å². The van der Waals surface area contributed by atoms with Crippen molar-refractivity contribution in [1.29, 1.82) is 0 Å². The molecule has 0 fully saturated rings. The van der Waals surface area contributed by atoms with Gasteiger partial charge in [0.05, 0.1) is 6.04 Å². The van der Waals surface area contributed by atoms with Crippen molar-refractivity contribution in [2.24, 2.45) is 0 Å². The number of halogens is 2. The SMILES string of the molecule is CNC(c1cccc(N(C)C)c1)c1cc(F)ccc1Cl. The Morgan fingerprint density at radius 3 is 2.55 bits per heavy atom. The van der Waals surface area contributed by atoms with Gasteiger partial charge in [0.15, 0.2) is 0 Å². The molecule has 1 unspecified atom stereocenters. The minimum Gasteiger partial charge on any atom is -0.378 e. The normalized spacial score (nSPS) is 12.2. The molecule has 2 aromatic carbocycles. The minimum absolute atomic E-state index is 0.141. The van der Waals surface area contributed by atoms with E-state index in [1.54, 1.807) is 6.07 Å². The highest BCUT2D eigenvalue weighted by Crippen LogP contribution is 2.30. The largest absolute Gasteiger partial charge is 0.378 e. The Bertz CT molecular complexity index is 599. The fourth-order valence-electron chi connectivity index (χ4n) is 2.22. The quantitative estimate of drug-likeness (QED) is 0.921. The molecule has 0 aromatic heterocycles. The van der Waals surface area contributed by atoms with E-state index in [4.69, 9.17) is 11.6 Å². The fraction of sp³-hybridized carbons (Fsp3) is 0.250.